The fourth-order valence-electron chi connectivity index (χ4n) is 4.46. The molecule has 0 heterocycles. The Hall–Kier alpha value is -2.97. The smallest absolute Gasteiger partial charge is 0.205 e. The van der Waals surface area contributed by atoms with Crippen molar-refractivity contribution < 1.29 is 4.57 Å². The van der Waals surface area contributed by atoms with Gasteiger partial charge in [0.25, 0.3) is 0 Å². The zero-order valence-corrected chi connectivity index (χ0v) is 20.0. The topological polar surface area (TPSA) is 55.1 Å². The van der Waals surface area contributed by atoms with Crippen molar-refractivity contribution in [3.05, 3.63) is 132 Å². The summed E-state index contributed by atoms with van der Waals surface area (Å²) < 4.78 is 15.1. The fourth-order valence-corrected chi connectivity index (χ4v) is 7.10. The Balaban J connectivity index is 2.04. The van der Waals surface area contributed by atoms with Crippen molar-refractivity contribution in [2.75, 3.05) is 0 Å². The zero-order valence-electron chi connectivity index (χ0n) is 19.1. The molecule has 33 heavy (non-hydrogen) atoms. The largest absolute Gasteiger partial charge is 0.325 e. The number of hydrogen-bond donors (Lipinski definition) is 2. The Morgan fingerprint density at radius 2 is 0.970 bits per heavy atom. The van der Waals surface area contributed by atoms with Crippen LogP contribution >= 0.6 is 7.29 Å². The molecule has 0 amide bonds. The first-order valence-corrected chi connectivity index (χ1v) is 13.1. The van der Waals surface area contributed by atoms with Gasteiger partial charge >= 0.3 is 0 Å². The quantitative estimate of drug-likeness (QED) is 0.349. The van der Waals surface area contributed by atoms with Crippen LogP contribution < -0.4 is 21.4 Å². The van der Waals surface area contributed by atoms with Gasteiger partial charge in [-0.2, -0.15) is 0 Å². The van der Waals surface area contributed by atoms with Gasteiger partial charge in [-0.05, 0) is 41.3 Å². The first-order valence-electron chi connectivity index (χ1n) is 11.4. The average molecular weight is 455 g/mol. The van der Waals surface area contributed by atoms with Crippen molar-refractivity contribution in [2.24, 2.45) is 11.7 Å². The van der Waals surface area contributed by atoms with E-state index in [1.165, 1.54) is 0 Å². The van der Waals surface area contributed by atoms with Crippen LogP contribution in [0.4, 0.5) is 0 Å². The highest BCUT2D eigenvalue weighted by Gasteiger charge is 2.47. The van der Waals surface area contributed by atoms with E-state index in [0.717, 1.165) is 21.7 Å². The summed E-state index contributed by atoms with van der Waals surface area (Å²) >= 11 is 0. The minimum atomic E-state index is -3.30. The zero-order chi connectivity index (χ0) is 23.3. The number of nitrogens with two attached hydrogens (primary N) is 1. The summed E-state index contributed by atoms with van der Waals surface area (Å²) in [5.74, 6) is 0.123. The maximum Gasteiger partial charge on any atom is 0.205 e. The lowest BCUT2D eigenvalue weighted by atomic mass is 9.74. The van der Waals surface area contributed by atoms with Crippen LogP contribution in [0.2, 0.25) is 0 Å². The van der Waals surface area contributed by atoms with Gasteiger partial charge in [-0.3, -0.25) is 4.57 Å². The van der Waals surface area contributed by atoms with Gasteiger partial charge in [-0.1, -0.05) is 111 Å². The van der Waals surface area contributed by atoms with Gasteiger partial charge in [-0.15, -0.1) is 0 Å². The summed E-state index contributed by atoms with van der Waals surface area (Å²) in [6.07, 6.45) is 0. The summed E-state index contributed by atoms with van der Waals surface area (Å²) in [4.78, 5) is 0. The van der Waals surface area contributed by atoms with Gasteiger partial charge in [0.15, 0.2) is 0 Å². The van der Waals surface area contributed by atoms with Crippen LogP contribution in [-0.2, 0) is 10.1 Å². The molecule has 0 saturated heterocycles. The number of rotatable bonds is 8. The molecule has 3 nitrogen and oxygen atoms in total. The second-order valence-electron chi connectivity index (χ2n) is 8.70. The molecule has 3 N–H and O–H groups in total. The van der Waals surface area contributed by atoms with E-state index in [9.17, 15) is 0 Å². The van der Waals surface area contributed by atoms with Gasteiger partial charge in [0.1, 0.15) is 0 Å². The molecule has 168 valence electrons. The molecule has 0 unspecified atom stereocenters. The summed E-state index contributed by atoms with van der Waals surface area (Å²) in [7, 11) is -3.30. The van der Waals surface area contributed by atoms with Crippen molar-refractivity contribution in [1.82, 2.24) is 5.09 Å². The lowest BCUT2D eigenvalue weighted by Gasteiger charge is -2.45. The maximum absolute atomic E-state index is 15.1. The molecule has 0 radical (unpaired) electrons. The lowest BCUT2D eigenvalue weighted by Crippen LogP contribution is -2.58. The molecular weight excluding hydrogens is 423 g/mol. The minimum Gasteiger partial charge on any atom is -0.325 e. The van der Waals surface area contributed by atoms with Gasteiger partial charge < -0.3 is 5.73 Å². The lowest BCUT2D eigenvalue weighted by molar-refractivity contribution is 0.312. The van der Waals surface area contributed by atoms with E-state index in [1.807, 2.05) is 97.1 Å². The van der Waals surface area contributed by atoms with Gasteiger partial charge in [-0.25, -0.2) is 5.09 Å². The van der Waals surface area contributed by atoms with Crippen LogP contribution in [-0.4, -0.2) is 6.04 Å². The van der Waals surface area contributed by atoms with Crippen LogP contribution in [0.5, 0.6) is 0 Å². The standard InChI is InChI=1S/C29H31N2OP/c1-23(2)28(30)29(24-15-7-3-8-16-24,25-17-9-4-10-18-25)31-33(32,26-19-11-5-12-20-26)27-21-13-6-14-22-27/h3-23,28H,30H2,1-2H3,(H,31,32)/t28-/m0/s1. The Labute approximate surface area is 197 Å². The Morgan fingerprint density at radius 1 is 0.636 bits per heavy atom. The van der Waals surface area contributed by atoms with Crippen molar-refractivity contribution >= 4 is 17.9 Å². The van der Waals surface area contributed by atoms with E-state index in [-0.39, 0.29) is 12.0 Å². The monoisotopic (exact) mass is 454 g/mol. The number of nitrogens with one attached hydrogen (secondary N) is 1. The van der Waals surface area contributed by atoms with E-state index in [1.54, 1.807) is 0 Å². The van der Waals surface area contributed by atoms with Crippen LogP contribution in [0.3, 0.4) is 0 Å². The number of benzene rings is 4. The second kappa shape index (κ2) is 9.89. The molecule has 0 aliphatic rings. The van der Waals surface area contributed by atoms with Crippen molar-refractivity contribution in [3.8, 4) is 0 Å². The molecule has 0 spiro atoms. The van der Waals surface area contributed by atoms with Crippen LogP contribution in [0, 0.1) is 5.92 Å². The molecule has 0 fully saturated rings. The first kappa shape index (κ1) is 23.2. The van der Waals surface area contributed by atoms with E-state index in [0.29, 0.717) is 0 Å². The molecule has 4 rings (SSSR count). The van der Waals surface area contributed by atoms with Crippen molar-refractivity contribution in [1.29, 1.82) is 0 Å². The van der Waals surface area contributed by atoms with Crippen LogP contribution in [0.1, 0.15) is 25.0 Å². The normalized spacial score (nSPS) is 13.1. The van der Waals surface area contributed by atoms with Crippen LogP contribution in [0.15, 0.2) is 121 Å². The molecule has 4 heteroatoms. The van der Waals surface area contributed by atoms with Crippen LogP contribution in [0.25, 0.3) is 0 Å². The van der Waals surface area contributed by atoms with E-state index >= 15 is 4.57 Å². The molecular formula is C29H31N2OP. The fraction of sp³-hybridized carbons (Fsp3) is 0.172. The van der Waals surface area contributed by atoms with Gasteiger partial charge in [0.2, 0.25) is 7.29 Å². The predicted molar refractivity (Wildman–Crippen MR) is 139 cm³/mol. The Kier molecular flexibility index (Phi) is 6.95. The Morgan fingerprint density at radius 3 is 1.30 bits per heavy atom. The summed E-state index contributed by atoms with van der Waals surface area (Å²) in [6, 6.07) is 39.3. The Bertz CT molecular complexity index is 1110. The SMILES string of the molecule is CC(C)[C@H](N)C(NP(=O)(c1ccccc1)c1ccccc1)(c1ccccc1)c1ccccc1. The molecule has 4 aromatic rings. The van der Waals surface area contributed by atoms with E-state index < -0.39 is 12.8 Å². The van der Waals surface area contributed by atoms with Crippen molar-refractivity contribution in [2.45, 2.75) is 25.4 Å². The van der Waals surface area contributed by atoms with E-state index in [4.69, 9.17) is 5.73 Å². The minimum absolute atomic E-state index is 0.123. The number of hydrogen-bond acceptors (Lipinski definition) is 2. The first-order chi connectivity index (χ1) is 16.0. The van der Waals surface area contributed by atoms with Gasteiger partial charge in [0.05, 0.1) is 5.54 Å². The average Bonchev–Trinajstić information content (AvgIpc) is 2.89. The molecule has 0 bridgehead atoms. The summed E-state index contributed by atoms with van der Waals surface area (Å²) in [5, 5.41) is 5.23. The second-order valence-corrected chi connectivity index (χ2v) is 11.2. The highest BCUT2D eigenvalue weighted by molar-refractivity contribution is 7.77. The molecule has 0 aliphatic heterocycles. The molecule has 0 saturated carbocycles. The highest BCUT2D eigenvalue weighted by Crippen LogP contribution is 2.48. The third-order valence-electron chi connectivity index (χ3n) is 6.25. The van der Waals surface area contributed by atoms with E-state index in [2.05, 4.69) is 43.2 Å². The predicted octanol–water partition coefficient (Wildman–Crippen LogP) is 5.43. The summed E-state index contributed by atoms with van der Waals surface area (Å²) in [5.41, 5.74) is 8.14. The molecule has 1 atom stereocenters. The molecule has 0 aliphatic carbocycles. The third kappa shape index (κ3) is 4.45. The van der Waals surface area contributed by atoms with Crippen molar-refractivity contribution in [3.63, 3.8) is 0 Å². The molecule has 0 aromatic heterocycles. The maximum atomic E-state index is 15.1. The van der Waals surface area contributed by atoms with Gasteiger partial charge in [0, 0.05) is 16.7 Å². The highest BCUT2D eigenvalue weighted by atomic mass is 31.2. The molecule has 4 aromatic carbocycles. The summed E-state index contributed by atoms with van der Waals surface area (Å²) in [6.45, 7) is 4.23. The third-order valence-corrected chi connectivity index (χ3v) is 8.97.